The molecule has 1 aromatic rings. The third-order valence-corrected chi connectivity index (χ3v) is 3.88. The van der Waals surface area contributed by atoms with Gasteiger partial charge in [-0.2, -0.15) is 18.4 Å². The Bertz CT molecular complexity index is 542. The summed E-state index contributed by atoms with van der Waals surface area (Å²) in [6.45, 7) is 1.52. The number of benzene rings is 1. The molecule has 3 rings (SSSR count). The first-order valence-electron chi connectivity index (χ1n) is 5.86. The number of nitrogens with one attached hydrogen (secondary N) is 1. The van der Waals surface area contributed by atoms with Crippen LogP contribution in [0.4, 0.5) is 13.2 Å². The van der Waals surface area contributed by atoms with Crippen molar-refractivity contribution in [1.29, 1.82) is 5.26 Å². The quantitative estimate of drug-likeness (QED) is 0.770. The predicted molar refractivity (Wildman–Crippen MR) is 59.1 cm³/mol. The van der Waals surface area contributed by atoms with Gasteiger partial charge in [-0.3, -0.25) is 0 Å². The molecule has 2 nitrogen and oxygen atoms in total. The van der Waals surface area contributed by atoms with Gasteiger partial charge in [-0.15, -0.1) is 0 Å². The second-order valence-electron chi connectivity index (χ2n) is 4.92. The van der Waals surface area contributed by atoms with E-state index in [0.717, 1.165) is 30.6 Å². The van der Waals surface area contributed by atoms with Gasteiger partial charge in [0.15, 0.2) is 0 Å². The number of hydrogen-bond acceptors (Lipinski definition) is 2. The van der Waals surface area contributed by atoms with Crippen molar-refractivity contribution in [2.24, 2.45) is 0 Å². The van der Waals surface area contributed by atoms with Crippen molar-refractivity contribution in [3.05, 3.63) is 34.4 Å². The van der Waals surface area contributed by atoms with Crippen LogP contribution in [-0.4, -0.2) is 13.1 Å². The van der Waals surface area contributed by atoms with E-state index in [1.807, 2.05) is 0 Å². The summed E-state index contributed by atoms with van der Waals surface area (Å²) < 4.78 is 38.6. The number of fused-ring (bicyclic) bond motifs is 5. The Balaban J connectivity index is 2.19. The molecule has 0 radical (unpaired) electrons. The molecule has 1 aliphatic heterocycles. The number of rotatable bonds is 0. The highest BCUT2D eigenvalue weighted by Crippen LogP contribution is 2.46. The molecule has 2 atom stereocenters. The second-order valence-corrected chi connectivity index (χ2v) is 4.92. The zero-order chi connectivity index (χ0) is 12.9. The highest BCUT2D eigenvalue weighted by molar-refractivity contribution is 5.51. The summed E-state index contributed by atoms with van der Waals surface area (Å²) in [4.78, 5) is 0. The van der Waals surface area contributed by atoms with Crippen LogP contribution in [0, 0.1) is 11.3 Å². The molecule has 0 amide bonds. The smallest absolute Gasteiger partial charge is 0.316 e. The summed E-state index contributed by atoms with van der Waals surface area (Å²) in [7, 11) is 0. The minimum Gasteiger partial charge on any atom is -0.316 e. The molecule has 2 unspecified atom stereocenters. The lowest BCUT2D eigenvalue weighted by molar-refractivity contribution is -0.137. The molecular formula is C13H11F3N2. The van der Waals surface area contributed by atoms with Gasteiger partial charge in [-0.25, -0.2) is 0 Å². The highest BCUT2D eigenvalue weighted by Gasteiger charge is 2.39. The maximum atomic E-state index is 12.9. The van der Waals surface area contributed by atoms with Crippen LogP contribution in [-0.2, 0) is 6.18 Å². The standard InChI is InChI=1S/C13H11F3N2/c14-13(15,16)12-3-11-9-1-8(5-18-6-9)10(11)2-7(12)4-17/h2-3,8-9,18H,1,5-6H2. The van der Waals surface area contributed by atoms with Crippen LogP contribution >= 0.6 is 0 Å². The van der Waals surface area contributed by atoms with E-state index in [1.54, 1.807) is 6.07 Å². The third-order valence-electron chi connectivity index (χ3n) is 3.88. The largest absolute Gasteiger partial charge is 0.417 e. The van der Waals surface area contributed by atoms with Gasteiger partial charge in [0.05, 0.1) is 17.2 Å². The number of nitrogens with zero attached hydrogens (tertiary/aromatic N) is 1. The molecule has 1 aromatic carbocycles. The number of alkyl halides is 3. The lowest BCUT2D eigenvalue weighted by atomic mass is 9.95. The topological polar surface area (TPSA) is 35.8 Å². The van der Waals surface area contributed by atoms with Gasteiger partial charge in [0.25, 0.3) is 0 Å². The number of piperidine rings is 1. The molecule has 0 aromatic heterocycles. The molecule has 2 bridgehead atoms. The Kier molecular flexibility index (Phi) is 2.39. The summed E-state index contributed by atoms with van der Waals surface area (Å²) in [6.07, 6.45) is -3.56. The molecule has 1 saturated heterocycles. The molecule has 0 spiro atoms. The average Bonchev–Trinajstić information content (AvgIpc) is 2.58. The molecular weight excluding hydrogens is 241 g/mol. The molecule has 0 saturated carbocycles. The summed E-state index contributed by atoms with van der Waals surface area (Å²) in [5.74, 6) is 0.417. The van der Waals surface area contributed by atoms with Gasteiger partial charge in [-0.1, -0.05) is 0 Å². The van der Waals surface area contributed by atoms with Gasteiger partial charge >= 0.3 is 6.18 Å². The van der Waals surface area contributed by atoms with Gasteiger partial charge < -0.3 is 5.32 Å². The lowest BCUT2D eigenvalue weighted by Crippen LogP contribution is -2.28. The first-order valence-corrected chi connectivity index (χ1v) is 5.86. The van der Waals surface area contributed by atoms with Gasteiger partial charge in [-0.05, 0) is 41.5 Å². The zero-order valence-electron chi connectivity index (χ0n) is 9.51. The molecule has 1 heterocycles. The van der Waals surface area contributed by atoms with Crippen molar-refractivity contribution in [3.8, 4) is 6.07 Å². The maximum absolute atomic E-state index is 12.9. The van der Waals surface area contributed by atoms with Crippen molar-refractivity contribution in [3.63, 3.8) is 0 Å². The third kappa shape index (κ3) is 1.60. The fourth-order valence-electron chi connectivity index (χ4n) is 3.08. The van der Waals surface area contributed by atoms with Crippen LogP contribution < -0.4 is 5.32 Å². The lowest BCUT2D eigenvalue weighted by Gasteiger charge is -2.19. The summed E-state index contributed by atoms with van der Waals surface area (Å²) in [5, 5.41) is 12.1. The van der Waals surface area contributed by atoms with Gasteiger partial charge in [0, 0.05) is 13.1 Å². The Morgan fingerprint density at radius 2 is 1.78 bits per heavy atom. The summed E-state index contributed by atoms with van der Waals surface area (Å²) >= 11 is 0. The maximum Gasteiger partial charge on any atom is 0.417 e. The first-order chi connectivity index (χ1) is 8.50. The summed E-state index contributed by atoms with van der Waals surface area (Å²) in [6, 6.07) is 4.30. The number of nitriles is 1. The Morgan fingerprint density at radius 3 is 2.33 bits per heavy atom. The normalized spacial score (nSPS) is 25.7. The van der Waals surface area contributed by atoms with Crippen LogP contribution in [0.25, 0.3) is 0 Å². The second kappa shape index (κ2) is 3.72. The van der Waals surface area contributed by atoms with E-state index in [0.29, 0.717) is 0 Å². The first kappa shape index (κ1) is 11.5. The van der Waals surface area contributed by atoms with Crippen molar-refractivity contribution in [2.75, 3.05) is 13.1 Å². The van der Waals surface area contributed by atoms with E-state index >= 15 is 0 Å². The van der Waals surface area contributed by atoms with Gasteiger partial charge in [0.1, 0.15) is 0 Å². The number of hydrogen-bond donors (Lipinski definition) is 1. The van der Waals surface area contributed by atoms with Crippen molar-refractivity contribution in [1.82, 2.24) is 5.32 Å². The Morgan fingerprint density at radius 1 is 1.17 bits per heavy atom. The van der Waals surface area contributed by atoms with Crippen LogP contribution in [0.5, 0.6) is 0 Å². The van der Waals surface area contributed by atoms with E-state index < -0.39 is 11.7 Å². The van der Waals surface area contributed by atoms with Crippen LogP contribution in [0.2, 0.25) is 0 Å². The molecule has 5 heteroatoms. The predicted octanol–water partition coefficient (Wildman–Crippen LogP) is 2.75. The Labute approximate surface area is 102 Å². The van der Waals surface area contributed by atoms with E-state index in [-0.39, 0.29) is 17.4 Å². The van der Waals surface area contributed by atoms with Crippen LogP contribution in [0.3, 0.4) is 0 Å². The minimum absolute atomic E-state index is 0.160. The fraction of sp³-hybridized carbons (Fsp3) is 0.462. The van der Waals surface area contributed by atoms with E-state index in [4.69, 9.17) is 5.26 Å². The van der Waals surface area contributed by atoms with Gasteiger partial charge in [0.2, 0.25) is 0 Å². The molecule has 94 valence electrons. The zero-order valence-corrected chi connectivity index (χ0v) is 9.51. The van der Waals surface area contributed by atoms with Crippen LogP contribution in [0.15, 0.2) is 12.1 Å². The molecule has 18 heavy (non-hydrogen) atoms. The van der Waals surface area contributed by atoms with Crippen molar-refractivity contribution < 1.29 is 13.2 Å². The summed E-state index contributed by atoms with van der Waals surface area (Å²) in [5.41, 5.74) is 0.649. The number of halogens is 3. The highest BCUT2D eigenvalue weighted by atomic mass is 19.4. The average molecular weight is 252 g/mol. The fourth-order valence-corrected chi connectivity index (χ4v) is 3.08. The molecule has 1 aliphatic carbocycles. The monoisotopic (exact) mass is 252 g/mol. The SMILES string of the molecule is N#Cc1cc2c(cc1C(F)(F)F)C1CNCC2C1. The minimum atomic E-state index is -4.45. The molecule has 2 aliphatic rings. The molecule has 1 fully saturated rings. The van der Waals surface area contributed by atoms with Crippen molar-refractivity contribution >= 4 is 0 Å². The van der Waals surface area contributed by atoms with E-state index in [2.05, 4.69) is 5.32 Å². The van der Waals surface area contributed by atoms with Crippen molar-refractivity contribution in [2.45, 2.75) is 24.4 Å². The Hall–Kier alpha value is -1.54. The van der Waals surface area contributed by atoms with E-state index in [9.17, 15) is 13.2 Å². The van der Waals surface area contributed by atoms with E-state index in [1.165, 1.54) is 12.1 Å². The van der Waals surface area contributed by atoms with Crippen LogP contribution in [0.1, 0.15) is 40.5 Å². The molecule has 1 N–H and O–H groups in total.